The van der Waals surface area contributed by atoms with Crippen LogP contribution in [-0.4, -0.2) is 59.5 Å². The van der Waals surface area contributed by atoms with Crippen LogP contribution in [0.5, 0.6) is 0 Å². The summed E-state index contributed by atoms with van der Waals surface area (Å²) in [6.07, 6.45) is 4.56. The Bertz CT molecular complexity index is 1450. The van der Waals surface area contributed by atoms with Gasteiger partial charge in [-0.25, -0.2) is 23.7 Å². The van der Waals surface area contributed by atoms with E-state index in [1.54, 1.807) is 6.07 Å². The minimum Gasteiger partial charge on any atom is -0.396 e. The highest BCUT2D eigenvalue weighted by atomic mass is 32.2. The smallest absolute Gasteiger partial charge is 0.264 e. The molecular formula is C27H33N3O7S. The SMILES string of the molecule is C[C@@](CCn1cnc2cc(-c3ccc(CCO)cc3)ccc2c1=O)(C(=O)NOC1CCCCO1)S(C)(=O)=O. The van der Waals surface area contributed by atoms with Crippen molar-refractivity contribution in [2.75, 3.05) is 19.5 Å². The van der Waals surface area contributed by atoms with E-state index in [-0.39, 0.29) is 25.1 Å². The van der Waals surface area contributed by atoms with Crippen molar-refractivity contribution in [3.8, 4) is 11.1 Å². The summed E-state index contributed by atoms with van der Waals surface area (Å²) < 4.78 is 30.2. The van der Waals surface area contributed by atoms with Crippen molar-refractivity contribution in [1.82, 2.24) is 15.0 Å². The second-order valence-corrected chi connectivity index (χ2v) is 12.2. The van der Waals surface area contributed by atoms with Crippen molar-refractivity contribution in [3.05, 3.63) is 64.7 Å². The molecule has 2 N–H and O–H groups in total. The Kier molecular flexibility index (Phi) is 8.61. The summed E-state index contributed by atoms with van der Waals surface area (Å²) in [5, 5.41) is 9.48. The van der Waals surface area contributed by atoms with Crippen LogP contribution in [-0.2, 0) is 37.2 Å². The molecular weight excluding hydrogens is 510 g/mol. The van der Waals surface area contributed by atoms with Crippen molar-refractivity contribution in [3.63, 3.8) is 0 Å². The number of hydrogen-bond acceptors (Lipinski definition) is 8. The van der Waals surface area contributed by atoms with E-state index in [2.05, 4.69) is 10.5 Å². The first-order valence-electron chi connectivity index (χ1n) is 12.6. The molecule has 38 heavy (non-hydrogen) atoms. The van der Waals surface area contributed by atoms with E-state index in [0.717, 1.165) is 35.8 Å². The fourth-order valence-corrected chi connectivity index (χ4v) is 5.16. The molecule has 1 fully saturated rings. The Hall–Kier alpha value is -3.12. The fourth-order valence-electron chi connectivity index (χ4n) is 4.32. The molecule has 3 aromatic rings. The van der Waals surface area contributed by atoms with Gasteiger partial charge in [0.15, 0.2) is 20.9 Å². The van der Waals surface area contributed by atoms with E-state index in [9.17, 15) is 18.0 Å². The van der Waals surface area contributed by atoms with Gasteiger partial charge in [-0.3, -0.25) is 14.2 Å². The highest BCUT2D eigenvalue weighted by Gasteiger charge is 2.44. The molecule has 0 radical (unpaired) electrons. The number of ether oxygens (including phenoxy) is 1. The second-order valence-electron chi connectivity index (χ2n) is 9.74. The number of aliphatic hydroxyl groups excluding tert-OH is 1. The Labute approximate surface area is 221 Å². The molecule has 1 amide bonds. The topological polar surface area (TPSA) is 137 Å². The lowest BCUT2D eigenvalue weighted by Gasteiger charge is -2.28. The number of rotatable bonds is 10. The highest BCUT2D eigenvalue weighted by Crippen LogP contribution is 2.25. The Morgan fingerprint density at radius 3 is 2.61 bits per heavy atom. The molecule has 0 bridgehead atoms. The van der Waals surface area contributed by atoms with Crippen LogP contribution in [0.3, 0.4) is 0 Å². The van der Waals surface area contributed by atoms with E-state index >= 15 is 0 Å². The molecule has 4 rings (SSSR count). The molecule has 11 heteroatoms. The molecule has 204 valence electrons. The number of hydroxylamine groups is 1. The van der Waals surface area contributed by atoms with E-state index < -0.39 is 26.8 Å². The van der Waals surface area contributed by atoms with Crippen LogP contribution < -0.4 is 11.0 Å². The van der Waals surface area contributed by atoms with E-state index in [1.807, 2.05) is 36.4 Å². The third-order valence-corrected chi connectivity index (χ3v) is 9.09. The van der Waals surface area contributed by atoms with Gasteiger partial charge in [-0.2, -0.15) is 0 Å². The van der Waals surface area contributed by atoms with Crippen LogP contribution in [0, 0.1) is 0 Å². The van der Waals surface area contributed by atoms with Gasteiger partial charge >= 0.3 is 0 Å². The largest absolute Gasteiger partial charge is 0.396 e. The molecule has 2 heterocycles. The van der Waals surface area contributed by atoms with Gasteiger partial charge in [-0.05, 0) is 61.4 Å². The predicted molar refractivity (Wildman–Crippen MR) is 143 cm³/mol. The van der Waals surface area contributed by atoms with Gasteiger partial charge in [0.05, 0.1) is 17.2 Å². The molecule has 0 aliphatic carbocycles. The van der Waals surface area contributed by atoms with Gasteiger partial charge in [0.2, 0.25) is 0 Å². The maximum absolute atomic E-state index is 13.2. The molecule has 1 unspecified atom stereocenters. The number of nitrogens with one attached hydrogen (secondary N) is 1. The summed E-state index contributed by atoms with van der Waals surface area (Å²) in [5.74, 6) is -0.814. The normalized spacial score (nSPS) is 17.7. The molecule has 0 spiro atoms. The van der Waals surface area contributed by atoms with Crippen molar-refractivity contribution in [2.24, 2.45) is 0 Å². The van der Waals surface area contributed by atoms with Crippen molar-refractivity contribution < 1.29 is 27.9 Å². The predicted octanol–water partition coefficient (Wildman–Crippen LogP) is 2.37. The second kappa shape index (κ2) is 11.7. The summed E-state index contributed by atoms with van der Waals surface area (Å²) in [6.45, 7) is 1.88. The van der Waals surface area contributed by atoms with Gasteiger partial charge in [0.25, 0.3) is 11.5 Å². The summed E-state index contributed by atoms with van der Waals surface area (Å²) in [4.78, 5) is 35.8. The Morgan fingerprint density at radius 1 is 1.21 bits per heavy atom. The van der Waals surface area contributed by atoms with Gasteiger partial charge < -0.3 is 9.84 Å². The number of hydrogen-bond donors (Lipinski definition) is 2. The Balaban J connectivity index is 1.51. The third kappa shape index (κ3) is 6.12. The van der Waals surface area contributed by atoms with Gasteiger partial charge in [0.1, 0.15) is 0 Å². The van der Waals surface area contributed by atoms with Gasteiger partial charge in [-0.1, -0.05) is 30.3 Å². The number of nitrogens with zero attached hydrogens (tertiary/aromatic N) is 2. The number of fused-ring (bicyclic) bond motifs is 1. The zero-order valence-corrected chi connectivity index (χ0v) is 22.4. The number of amides is 1. The number of carbonyl (C=O) groups is 1. The van der Waals surface area contributed by atoms with Crippen molar-refractivity contribution in [2.45, 2.75) is 56.6 Å². The molecule has 0 saturated carbocycles. The highest BCUT2D eigenvalue weighted by molar-refractivity contribution is 7.92. The van der Waals surface area contributed by atoms with E-state index in [4.69, 9.17) is 14.7 Å². The molecule has 1 aliphatic heterocycles. The lowest BCUT2D eigenvalue weighted by molar-refractivity contribution is -0.201. The zero-order valence-electron chi connectivity index (χ0n) is 21.6. The maximum atomic E-state index is 13.2. The maximum Gasteiger partial charge on any atom is 0.264 e. The minimum absolute atomic E-state index is 0.0350. The van der Waals surface area contributed by atoms with Crippen LogP contribution in [0.2, 0.25) is 0 Å². The molecule has 1 aliphatic rings. The molecule has 2 atom stereocenters. The van der Waals surface area contributed by atoms with E-state index in [0.29, 0.717) is 30.4 Å². The molecule has 10 nitrogen and oxygen atoms in total. The van der Waals surface area contributed by atoms with Crippen molar-refractivity contribution in [1.29, 1.82) is 0 Å². The fraction of sp³-hybridized carbons (Fsp3) is 0.444. The van der Waals surface area contributed by atoms with Crippen molar-refractivity contribution >= 4 is 26.6 Å². The van der Waals surface area contributed by atoms with Gasteiger partial charge in [-0.15, -0.1) is 0 Å². The summed E-state index contributed by atoms with van der Waals surface area (Å²) >= 11 is 0. The van der Waals surface area contributed by atoms with Crippen LogP contribution in [0.1, 0.15) is 38.2 Å². The van der Waals surface area contributed by atoms with Crippen LogP contribution >= 0.6 is 0 Å². The first-order chi connectivity index (χ1) is 18.1. The first-order valence-corrected chi connectivity index (χ1v) is 14.5. The molecule has 2 aromatic carbocycles. The first kappa shape index (κ1) is 27.9. The minimum atomic E-state index is -3.87. The molecule has 1 saturated heterocycles. The molecule has 1 aromatic heterocycles. The lowest BCUT2D eigenvalue weighted by atomic mass is 10.0. The number of aliphatic hydroxyl groups is 1. The third-order valence-electron chi connectivity index (χ3n) is 7.06. The quantitative estimate of drug-likeness (QED) is 0.372. The number of aryl methyl sites for hydroxylation is 1. The van der Waals surface area contributed by atoms with E-state index in [1.165, 1.54) is 17.8 Å². The van der Waals surface area contributed by atoms with Crippen LogP contribution in [0.4, 0.5) is 0 Å². The standard InChI is InChI=1S/C27H33N3O7S/c1-27(38(2,34)35,26(33)29-37-24-5-3-4-16-36-24)13-14-30-18-28-23-17-21(10-11-22(23)25(30)32)20-8-6-19(7-9-20)12-15-31/h6-11,17-18,24,31H,3-5,12-16H2,1-2H3,(H,29,33)/t24?,27-/m1/s1. The monoisotopic (exact) mass is 543 g/mol. The summed E-state index contributed by atoms with van der Waals surface area (Å²) in [6, 6.07) is 13.1. The number of sulfone groups is 1. The zero-order chi connectivity index (χ0) is 27.3. The summed E-state index contributed by atoms with van der Waals surface area (Å²) in [7, 11) is -3.87. The van der Waals surface area contributed by atoms with Gasteiger partial charge in [0, 0.05) is 32.4 Å². The number of carbonyl (C=O) groups excluding carboxylic acids is 1. The average Bonchev–Trinajstić information content (AvgIpc) is 2.91. The number of benzene rings is 2. The number of aromatic nitrogens is 2. The van der Waals surface area contributed by atoms with Crippen LogP contribution in [0.25, 0.3) is 22.0 Å². The van der Waals surface area contributed by atoms with Crippen LogP contribution in [0.15, 0.2) is 53.6 Å². The average molecular weight is 544 g/mol. The lowest BCUT2D eigenvalue weighted by Crippen LogP contribution is -2.51. The Morgan fingerprint density at radius 2 is 1.95 bits per heavy atom. The summed E-state index contributed by atoms with van der Waals surface area (Å²) in [5.41, 5.74) is 5.30.